The van der Waals surface area contributed by atoms with Crippen LogP contribution in [0.2, 0.25) is 5.28 Å². The van der Waals surface area contributed by atoms with Crippen LogP contribution in [-0.2, 0) is 9.84 Å². The van der Waals surface area contributed by atoms with Crippen LogP contribution in [0.5, 0.6) is 0 Å². The highest BCUT2D eigenvalue weighted by Crippen LogP contribution is 2.26. The van der Waals surface area contributed by atoms with Crippen LogP contribution < -0.4 is 10.2 Å². The molecule has 0 amide bonds. The Morgan fingerprint density at radius 1 is 1.32 bits per heavy atom. The van der Waals surface area contributed by atoms with Gasteiger partial charge in [0.15, 0.2) is 9.84 Å². The predicted molar refractivity (Wildman–Crippen MR) is 74.5 cm³/mol. The largest absolute Gasteiger partial charge is 0.348 e. The second kappa shape index (κ2) is 4.75. The third-order valence-corrected chi connectivity index (χ3v) is 4.99. The molecule has 1 saturated heterocycles. The molecule has 1 fully saturated rings. The second-order valence-corrected chi connectivity index (χ2v) is 7.67. The zero-order valence-electron chi connectivity index (χ0n) is 11.0. The van der Waals surface area contributed by atoms with Crippen molar-refractivity contribution in [1.82, 2.24) is 15.0 Å². The quantitative estimate of drug-likeness (QED) is 0.874. The SMILES string of the molecule is CN(C)c1nc(Cl)nc(NC2(C)CCS(=O)(=O)C2)n1. The van der Waals surface area contributed by atoms with Gasteiger partial charge in [-0.25, -0.2) is 8.42 Å². The third kappa shape index (κ3) is 3.44. The molecule has 9 heteroatoms. The lowest BCUT2D eigenvalue weighted by molar-refractivity contribution is 0.568. The fourth-order valence-electron chi connectivity index (χ4n) is 1.97. The molecule has 0 radical (unpaired) electrons. The molecule has 0 spiro atoms. The summed E-state index contributed by atoms with van der Waals surface area (Å²) in [6, 6.07) is 0. The Hall–Kier alpha value is -1.15. The molecule has 1 aromatic heterocycles. The Morgan fingerprint density at radius 3 is 2.53 bits per heavy atom. The molecule has 2 heterocycles. The van der Waals surface area contributed by atoms with Gasteiger partial charge >= 0.3 is 0 Å². The molecule has 2 rings (SSSR count). The van der Waals surface area contributed by atoms with Crippen molar-refractivity contribution in [3.63, 3.8) is 0 Å². The molecule has 0 aliphatic carbocycles. The van der Waals surface area contributed by atoms with E-state index in [9.17, 15) is 8.42 Å². The maximum Gasteiger partial charge on any atom is 0.230 e. The first-order valence-electron chi connectivity index (χ1n) is 5.77. The Balaban J connectivity index is 2.24. The van der Waals surface area contributed by atoms with Gasteiger partial charge in [-0.05, 0) is 24.9 Å². The topological polar surface area (TPSA) is 88.1 Å². The van der Waals surface area contributed by atoms with Crippen molar-refractivity contribution in [3.8, 4) is 0 Å². The summed E-state index contributed by atoms with van der Waals surface area (Å²) in [5.41, 5.74) is -0.562. The molecular weight excluding hydrogens is 290 g/mol. The van der Waals surface area contributed by atoms with E-state index in [1.165, 1.54) is 0 Å². The van der Waals surface area contributed by atoms with E-state index >= 15 is 0 Å². The smallest absolute Gasteiger partial charge is 0.230 e. The van der Waals surface area contributed by atoms with Crippen LogP contribution in [0.1, 0.15) is 13.3 Å². The van der Waals surface area contributed by atoms with Crippen LogP contribution in [0.4, 0.5) is 11.9 Å². The lowest BCUT2D eigenvalue weighted by Gasteiger charge is -2.24. The monoisotopic (exact) mass is 305 g/mol. The molecular formula is C10H16ClN5O2S. The summed E-state index contributed by atoms with van der Waals surface area (Å²) >= 11 is 5.83. The number of rotatable bonds is 3. The van der Waals surface area contributed by atoms with Crippen molar-refractivity contribution in [2.45, 2.75) is 18.9 Å². The molecule has 1 aliphatic rings. The van der Waals surface area contributed by atoms with Gasteiger partial charge in [0.25, 0.3) is 0 Å². The van der Waals surface area contributed by atoms with Crippen LogP contribution in [0.15, 0.2) is 0 Å². The molecule has 0 aromatic carbocycles. The molecule has 1 unspecified atom stereocenters. The molecule has 106 valence electrons. The van der Waals surface area contributed by atoms with Gasteiger partial charge < -0.3 is 10.2 Å². The first-order valence-corrected chi connectivity index (χ1v) is 7.97. The Kier molecular flexibility index (Phi) is 3.57. The van der Waals surface area contributed by atoms with Crippen molar-refractivity contribution in [1.29, 1.82) is 0 Å². The van der Waals surface area contributed by atoms with Gasteiger partial charge in [-0.15, -0.1) is 0 Å². The molecule has 1 aromatic rings. The van der Waals surface area contributed by atoms with E-state index in [4.69, 9.17) is 11.6 Å². The highest BCUT2D eigenvalue weighted by atomic mass is 35.5. The Labute approximate surface area is 117 Å². The molecule has 19 heavy (non-hydrogen) atoms. The number of anilines is 2. The van der Waals surface area contributed by atoms with Gasteiger partial charge in [0.2, 0.25) is 17.2 Å². The van der Waals surface area contributed by atoms with Gasteiger partial charge in [-0.3, -0.25) is 0 Å². The van der Waals surface area contributed by atoms with E-state index in [-0.39, 0.29) is 16.8 Å². The van der Waals surface area contributed by atoms with Gasteiger partial charge in [0, 0.05) is 14.1 Å². The van der Waals surface area contributed by atoms with Gasteiger partial charge in [-0.2, -0.15) is 15.0 Å². The van der Waals surface area contributed by atoms with E-state index in [2.05, 4.69) is 20.3 Å². The number of hydrogen-bond donors (Lipinski definition) is 1. The Bertz CT molecular complexity index is 592. The van der Waals surface area contributed by atoms with Crippen molar-refractivity contribution < 1.29 is 8.42 Å². The fraction of sp³-hybridized carbons (Fsp3) is 0.700. The summed E-state index contributed by atoms with van der Waals surface area (Å²) in [4.78, 5) is 13.9. The highest BCUT2D eigenvalue weighted by Gasteiger charge is 2.39. The van der Waals surface area contributed by atoms with Gasteiger partial charge in [0.05, 0.1) is 17.0 Å². The van der Waals surface area contributed by atoms with Crippen molar-refractivity contribution >= 4 is 33.3 Å². The highest BCUT2D eigenvalue weighted by molar-refractivity contribution is 7.91. The maximum absolute atomic E-state index is 11.6. The van der Waals surface area contributed by atoms with Crippen molar-refractivity contribution in [2.75, 3.05) is 35.8 Å². The third-order valence-electron chi connectivity index (χ3n) is 2.91. The minimum atomic E-state index is -2.99. The molecule has 1 atom stereocenters. The summed E-state index contributed by atoms with van der Waals surface area (Å²) in [7, 11) is 0.590. The lowest BCUT2D eigenvalue weighted by atomic mass is 10.0. The minimum absolute atomic E-state index is 0.0700. The number of nitrogens with one attached hydrogen (secondary N) is 1. The number of aromatic nitrogens is 3. The Morgan fingerprint density at radius 2 is 2.00 bits per heavy atom. The lowest BCUT2D eigenvalue weighted by Crippen LogP contribution is -2.36. The molecule has 0 bridgehead atoms. The predicted octanol–water partition coefficient (Wildman–Crippen LogP) is 0.580. The number of halogens is 1. The van der Waals surface area contributed by atoms with E-state index < -0.39 is 15.4 Å². The zero-order valence-corrected chi connectivity index (χ0v) is 12.6. The van der Waals surface area contributed by atoms with Crippen molar-refractivity contribution in [3.05, 3.63) is 5.28 Å². The van der Waals surface area contributed by atoms with Crippen LogP contribution in [0.3, 0.4) is 0 Å². The minimum Gasteiger partial charge on any atom is -0.348 e. The average molecular weight is 306 g/mol. The number of sulfone groups is 1. The number of nitrogens with zero attached hydrogens (tertiary/aromatic N) is 4. The van der Waals surface area contributed by atoms with E-state index in [1.54, 1.807) is 19.0 Å². The summed E-state index contributed by atoms with van der Waals surface area (Å²) in [6.07, 6.45) is 0.524. The number of hydrogen-bond acceptors (Lipinski definition) is 7. The first-order chi connectivity index (χ1) is 8.69. The summed E-state index contributed by atoms with van der Waals surface area (Å²) in [5.74, 6) is 0.964. The molecule has 1 N–H and O–H groups in total. The zero-order chi connectivity index (χ0) is 14.3. The van der Waals surface area contributed by atoms with Crippen LogP contribution in [0, 0.1) is 0 Å². The van der Waals surface area contributed by atoms with E-state index in [1.807, 2.05) is 6.92 Å². The normalized spacial score (nSPS) is 25.3. The van der Waals surface area contributed by atoms with Crippen molar-refractivity contribution in [2.24, 2.45) is 0 Å². The van der Waals surface area contributed by atoms with Crippen LogP contribution in [-0.4, -0.2) is 54.5 Å². The maximum atomic E-state index is 11.6. The molecule has 0 saturated carbocycles. The van der Waals surface area contributed by atoms with E-state index in [0.29, 0.717) is 18.3 Å². The summed E-state index contributed by atoms with van der Waals surface area (Å²) in [6.45, 7) is 1.84. The van der Waals surface area contributed by atoms with Crippen LogP contribution >= 0.6 is 11.6 Å². The summed E-state index contributed by atoms with van der Waals surface area (Å²) in [5, 5.41) is 3.13. The molecule has 7 nitrogen and oxygen atoms in total. The molecule has 1 aliphatic heterocycles. The average Bonchev–Trinajstić information content (AvgIpc) is 2.51. The van der Waals surface area contributed by atoms with Gasteiger partial charge in [0.1, 0.15) is 0 Å². The van der Waals surface area contributed by atoms with E-state index in [0.717, 1.165) is 0 Å². The first kappa shape index (κ1) is 14.3. The standard InChI is InChI=1S/C10H16ClN5O2S/c1-10(4-5-19(17,18)6-10)15-8-12-7(11)13-9(14-8)16(2)3/h4-6H2,1-3H3,(H,12,13,14,15). The fourth-order valence-corrected chi connectivity index (χ4v) is 4.22. The second-order valence-electron chi connectivity index (χ2n) is 5.15. The summed E-state index contributed by atoms with van der Waals surface area (Å²) < 4.78 is 23.1. The van der Waals surface area contributed by atoms with Gasteiger partial charge in [-0.1, -0.05) is 0 Å². The van der Waals surface area contributed by atoms with Crippen LogP contribution in [0.25, 0.3) is 0 Å².